The Labute approximate surface area is 168 Å². The van der Waals surface area contributed by atoms with Crippen molar-refractivity contribution >= 4 is 39.8 Å². The summed E-state index contributed by atoms with van der Waals surface area (Å²) in [7, 11) is 1.43. The largest absolute Gasteiger partial charge is 0.462 e. The monoisotopic (exact) mass is 422 g/mol. The highest BCUT2D eigenvalue weighted by Crippen LogP contribution is 2.33. The fraction of sp³-hybridized carbons (Fsp3) is 0.294. The van der Waals surface area contributed by atoms with Crippen LogP contribution in [0.3, 0.4) is 0 Å². The number of nitrogens with one attached hydrogen (secondary N) is 2. The molecule has 0 saturated heterocycles. The summed E-state index contributed by atoms with van der Waals surface area (Å²) >= 11 is 0.884. The second-order valence-corrected chi connectivity index (χ2v) is 6.74. The zero-order valence-electron chi connectivity index (χ0n) is 15.8. The molecule has 12 heteroatoms. The lowest BCUT2D eigenvalue weighted by atomic mass is 10.1. The fourth-order valence-electron chi connectivity index (χ4n) is 2.45. The quantitative estimate of drug-likeness (QED) is 0.388. The highest BCUT2D eigenvalue weighted by atomic mass is 32.1. The van der Waals surface area contributed by atoms with Crippen molar-refractivity contribution in [1.82, 2.24) is 9.88 Å². The zero-order chi connectivity index (χ0) is 21.7. The number of hydrogen-bond acceptors (Lipinski definition) is 8. The van der Waals surface area contributed by atoms with E-state index in [4.69, 9.17) is 4.74 Å². The Morgan fingerprint density at radius 2 is 2.00 bits per heavy atom. The predicted molar refractivity (Wildman–Crippen MR) is 104 cm³/mol. The molecule has 2 aromatic rings. The molecule has 0 saturated carbocycles. The minimum atomic E-state index is -0.709. The van der Waals surface area contributed by atoms with Crippen LogP contribution < -0.4 is 16.2 Å². The average Bonchev–Trinajstić information content (AvgIpc) is 2.98. The van der Waals surface area contributed by atoms with Gasteiger partial charge in [-0.05, 0) is 19.4 Å². The van der Waals surface area contributed by atoms with Gasteiger partial charge in [0, 0.05) is 19.2 Å². The molecule has 0 aliphatic heterocycles. The first-order valence-corrected chi connectivity index (χ1v) is 9.18. The second-order valence-electron chi connectivity index (χ2n) is 5.72. The standard InChI is InChI=1S/C17H18N4O7S/c1-4-28-17(25)13-9(2)14(15(24)18-3)29-16(13)19-11(22)8-20-7-10(21(26)27)5-6-12(20)23/h5-7H,4,8H2,1-3H3,(H,18,24)(H,19,22). The van der Waals surface area contributed by atoms with Crippen molar-refractivity contribution in [2.45, 2.75) is 20.4 Å². The van der Waals surface area contributed by atoms with Gasteiger partial charge in [0.2, 0.25) is 5.91 Å². The summed E-state index contributed by atoms with van der Waals surface area (Å²) in [6, 6.07) is 2.02. The molecule has 154 valence electrons. The average molecular weight is 422 g/mol. The van der Waals surface area contributed by atoms with E-state index in [1.54, 1.807) is 13.8 Å². The van der Waals surface area contributed by atoms with Crippen molar-refractivity contribution in [3.8, 4) is 0 Å². The highest BCUT2D eigenvalue weighted by Gasteiger charge is 2.26. The Kier molecular flexibility index (Phi) is 6.83. The van der Waals surface area contributed by atoms with Crippen LogP contribution in [0.1, 0.15) is 32.5 Å². The molecule has 0 bridgehead atoms. The van der Waals surface area contributed by atoms with E-state index in [0.717, 1.165) is 34.2 Å². The number of rotatable bonds is 7. The zero-order valence-corrected chi connectivity index (χ0v) is 16.6. The normalized spacial score (nSPS) is 10.3. The number of hydrogen-bond donors (Lipinski definition) is 2. The van der Waals surface area contributed by atoms with Crippen molar-refractivity contribution in [1.29, 1.82) is 0 Å². The van der Waals surface area contributed by atoms with E-state index >= 15 is 0 Å². The van der Waals surface area contributed by atoms with Gasteiger partial charge in [0.05, 0.1) is 28.2 Å². The number of aromatic nitrogens is 1. The number of nitrogens with zero attached hydrogens (tertiary/aromatic N) is 2. The summed E-state index contributed by atoms with van der Waals surface area (Å²) in [6.07, 6.45) is 0.948. The minimum Gasteiger partial charge on any atom is -0.462 e. The lowest BCUT2D eigenvalue weighted by Gasteiger charge is -2.08. The first-order valence-electron chi connectivity index (χ1n) is 8.36. The maximum atomic E-state index is 12.4. The van der Waals surface area contributed by atoms with E-state index in [0.29, 0.717) is 5.56 Å². The van der Waals surface area contributed by atoms with Crippen LogP contribution in [0.5, 0.6) is 0 Å². The molecule has 2 rings (SSSR count). The van der Waals surface area contributed by atoms with Crippen LogP contribution in [0.15, 0.2) is 23.1 Å². The minimum absolute atomic E-state index is 0.0372. The van der Waals surface area contributed by atoms with Gasteiger partial charge in [0.1, 0.15) is 11.5 Å². The Hall–Kier alpha value is -3.54. The van der Waals surface area contributed by atoms with Gasteiger partial charge in [0.25, 0.3) is 17.2 Å². The molecular weight excluding hydrogens is 404 g/mol. The fourth-order valence-corrected chi connectivity index (χ4v) is 3.61. The molecule has 0 unspecified atom stereocenters. The Balaban J connectivity index is 2.35. The SMILES string of the molecule is CCOC(=O)c1c(NC(=O)Cn2cc([N+](=O)[O-])ccc2=O)sc(C(=O)NC)c1C. The van der Waals surface area contributed by atoms with Gasteiger partial charge in [-0.1, -0.05) is 0 Å². The Morgan fingerprint density at radius 3 is 2.59 bits per heavy atom. The molecule has 0 spiro atoms. The van der Waals surface area contributed by atoms with Crippen LogP contribution in [-0.4, -0.2) is 40.9 Å². The Bertz CT molecular complexity index is 1040. The lowest BCUT2D eigenvalue weighted by molar-refractivity contribution is -0.385. The molecule has 0 aliphatic rings. The highest BCUT2D eigenvalue weighted by molar-refractivity contribution is 7.18. The smallest absolute Gasteiger partial charge is 0.341 e. The molecule has 0 radical (unpaired) electrons. The van der Waals surface area contributed by atoms with Gasteiger partial charge in [-0.3, -0.25) is 29.1 Å². The third kappa shape index (κ3) is 4.85. The van der Waals surface area contributed by atoms with Gasteiger partial charge in [0.15, 0.2) is 0 Å². The Morgan fingerprint density at radius 1 is 1.31 bits per heavy atom. The summed E-state index contributed by atoms with van der Waals surface area (Å²) in [5.74, 6) is -1.85. The molecule has 0 fully saturated rings. The van der Waals surface area contributed by atoms with Crippen LogP contribution in [0.25, 0.3) is 0 Å². The summed E-state index contributed by atoms with van der Waals surface area (Å²) in [5.41, 5.74) is -0.575. The van der Waals surface area contributed by atoms with E-state index in [9.17, 15) is 29.3 Å². The van der Waals surface area contributed by atoms with Crippen LogP contribution in [0.2, 0.25) is 0 Å². The molecule has 2 N–H and O–H groups in total. The molecule has 2 amide bonds. The number of nitro groups is 1. The van der Waals surface area contributed by atoms with Gasteiger partial charge in [-0.15, -0.1) is 11.3 Å². The van der Waals surface area contributed by atoms with Gasteiger partial charge >= 0.3 is 5.97 Å². The summed E-state index contributed by atoms with van der Waals surface area (Å²) in [6.45, 7) is 2.75. The molecule has 0 aromatic carbocycles. The van der Waals surface area contributed by atoms with Crippen molar-refractivity contribution in [2.24, 2.45) is 0 Å². The third-order valence-corrected chi connectivity index (χ3v) is 5.01. The van der Waals surface area contributed by atoms with Gasteiger partial charge in [-0.2, -0.15) is 0 Å². The lowest BCUT2D eigenvalue weighted by Crippen LogP contribution is -2.27. The first kappa shape index (κ1) is 21.8. The number of amides is 2. The summed E-state index contributed by atoms with van der Waals surface area (Å²) in [4.78, 5) is 59.0. The second kappa shape index (κ2) is 9.10. The molecule has 0 aliphatic carbocycles. The number of carbonyl (C=O) groups is 3. The molecule has 11 nitrogen and oxygen atoms in total. The third-order valence-electron chi connectivity index (χ3n) is 3.81. The molecule has 2 heterocycles. The number of esters is 1. The molecule has 0 atom stereocenters. The summed E-state index contributed by atoms with van der Waals surface area (Å²) in [5, 5.41) is 15.9. The summed E-state index contributed by atoms with van der Waals surface area (Å²) < 4.78 is 5.86. The maximum Gasteiger partial charge on any atom is 0.341 e. The predicted octanol–water partition coefficient (Wildman–Crippen LogP) is 1.30. The van der Waals surface area contributed by atoms with E-state index in [2.05, 4.69) is 10.6 Å². The van der Waals surface area contributed by atoms with Crippen molar-refractivity contribution in [3.05, 3.63) is 54.8 Å². The van der Waals surface area contributed by atoms with E-state index < -0.39 is 34.8 Å². The van der Waals surface area contributed by atoms with Crippen molar-refractivity contribution in [3.63, 3.8) is 0 Å². The van der Waals surface area contributed by atoms with Crippen LogP contribution in [-0.2, 0) is 16.1 Å². The number of carbonyl (C=O) groups excluding carboxylic acids is 3. The topological polar surface area (TPSA) is 150 Å². The maximum absolute atomic E-state index is 12.4. The van der Waals surface area contributed by atoms with Crippen molar-refractivity contribution in [2.75, 3.05) is 19.0 Å². The number of anilines is 1. The first-order chi connectivity index (χ1) is 13.7. The van der Waals surface area contributed by atoms with Gasteiger partial charge in [-0.25, -0.2) is 4.79 Å². The number of thiophene rings is 1. The molecule has 2 aromatic heterocycles. The van der Waals surface area contributed by atoms with Gasteiger partial charge < -0.3 is 15.4 Å². The number of pyridine rings is 1. The van der Waals surface area contributed by atoms with Crippen LogP contribution >= 0.6 is 11.3 Å². The van der Waals surface area contributed by atoms with E-state index in [1.165, 1.54) is 7.05 Å². The van der Waals surface area contributed by atoms with E-state index in [1.807, 2.05) is 0 Å². The molecule has 29 heavy (non-hydrogen) atoms. The van der Waals surface area contributed by atoms with Crippen molar-refractivity contribution < 1.29 is 24.0 Å². The molecular formula is C17H18N4O7S. The van der Waals surface area contributed by atoms with Crippen LogP contribution in [0, 0.1) is 17.0 Å². The van der Waals surface area contributed by atoms with Crippen LogP contribution in [0.4, 0.5) is 10.7 Å². The number of ether oxygens (including phenoxy) is 1. The van der Waals surface area contributed by atoms with E-state index in [-0.39, 0.29) is 27.7 Å².